The first kappa shape index (κ1) is 13.4. The highest BCUT2D eigenvalue weighted by molar-refractivity contribution is 5.67. The third kappa shape index (κ3) is 3.05. The Morgan fingerprint density at radius 3 is 2.84 bits per heavy atom. The molecule has 0 aromatic carbocycles. The van der Waals surface area contributed by atoms with E-state index in [2.05, 4.69) is 11.9 Å². The zero-order valence-electron chi connectivity index (χ0n) is 11.2. The fourth-order valence-corrected chi connectivity index (χ4v) is 2.01. The van der Waals surface area contributed by atoms with Gasteiger partial charge in [-0.2, -0.15) is 0 Å². The van der Waals surface area contributed by atoms with Crippen LogP contribution >= 0.6 is 0 Å². The zero-order chi connectivity index (χ0) is 13.8. The van der Waals surface area contributed by atoms with Gasteiger partial charge in [0.2, 0.25) is 0 Å². The molecule has 0 unspecified atom stereocenters. The number of aliphatic carboxylic acids is 1. The van der Waals surface area contributed by atoms with Gasteiger partial charge >= 0.3 is 5.97 Å². The summed E-state index contributed by atoms with van der Waals surface area (Å²) in [5.41, 5.74) is 1.66. The SMILES string of the molecule is CCCc1nc(CCC(=O)O)c(-c2cccn2C)o1. The molecule has 102 valence electrons. The second-order valence-corrected chi connectivity index (χ2v) is 4.53. The van der Waals surface area contributed by atoms with Gasteiger partial charge in [-0.1, -0.05) is 6.92 Å². The number of nitrogens with zero attached hydrogens (tertiary/aromatic N) is 2. The summed E-state index contributed by atoms with van der Waals surface area (Å²) >= 11 is 0. The van der Waals surface area contributed by atoms with Crippen molar-refractivity contribution in [2.75, 3.05) is 0 Å². The molecule has 0 spiro atoms. The quantitative estimate of drug-likeness (QED) is 0.869. The van der Waals surface area contributed by atoms with Crippen LogP contribution in [0.1, 0.15) is 31.4 Å². The Bertz CT molecular complexity index is 569. The van der Waals surface area contributed by atoms with Gasteiger partial charge in [-0.15, -0.1) is 0 Å². The molecule has 0 saturated heterocycles. The lowest BCUT2D eigenvalue weighted by atomic mass is 10.2. The third-order valence-corrected chi connectivity index (χ3v) is 2.96. The molecule has 0 bridgehead atoms. The zero-order valence-corrected chi connectivity index (χ0v) is 11.2. The maximum absolute atomic E-state index is 10.7. The molecule has 2 rings (SSSR count). The molecule has 0 amide bonds. The second-order valence-electron chi connectivity index (χ2n) is 4.53. The van der Waals surface area contributed by atoms with E-state index in [0.29, 0.717) is 18.1 Å². The number of hydrogen-bond acceptors (Lipinski definition) is 3. The Labute approximate surface area is 111 Å². The highest BCUT2D eigenvalue weighted by Crippen LogP contribution is 2.26. The maximum atomic E-state index is 10.7. The van der Waals surface area contributed by atoms with Crippen LogP contribution in [0.3, 0.4) is 0 Å². The van der Waals surface area contributed by atoms with E-state index in [1.807, 2.05) is 29.9 Å². The van der Waals surface area contributed by atoms with Crippen LogP contribution in [0.25, 0.3) is 11.5 Å². The number of oxazole rings is 1. The van der Waals surface area contributed by atoms with Gasteiger partial charge in [0.15, 0.2) is 11.7 Å². The standard InChI is InChI=1S/C14H18N2O3/c1-3-5-12-15-10(7-8-13(17)18)14(19-12)11-6-4-9-16(11)2/h4,6,9H,3,5,7-8H2,1-2H3,(H,17,18). The number of carbonyl (C=O) groups is 1. The van der Waals surface area contributed by atoms with Crippen LogP contribution in [-0.2, 0) is 24.7 Å². The van der Waals surface area contributed by atoms with E-state index in [4.69, 9.17) is 9.52 Å². The van der Waals surface area contributed by atoms with Gasteiger partial charge in [-0.05, 0) is 18.6 Å². The predicted molar refractivity (Wildman–Crippen MR) is 70.9 cm³/mol. The monoisotopic (exact) mass is 262 g/mol. The molecular formula is C14H18N2O3. The van der Waals surface area contributed by atoms with Crippen LogP contribution in [0.2, 0.25) is 0 Å². The topological polar surface area (TPSA) is 68.3 Å². The molecular weight excluding hydrogens is 244 g/mol. The van der Waals surface area contributed by atoms with Gasteiger partial charge in [0.25, 0.3) is 0 Å². The van der Waals surface area contributed by atoms with E-state index in [0.717, 1.165) is 24.2 Å². The minimum atomic E-state index is -0.821. The largest absolute Gasteiger partial charge is 0.481 e. The van der Waals surface area contributed by atoms with Gasteiger partial charge in [-0.3, -0.25) is 4.79 Å². The van der Waals surface area contributed by atoms with Gasteiger partial charge in [0.05, 0.1) is 17.8 Å². The summed E-state index contributed by atoms with van der Waals surface area (Å²) in [6.45, 7) is 2.06. The molecule has 0 saturated carbocycles. The highest BCUT2D eigenvalue weighted by atomic mass is 16.4. The van der Waals surface area contributed by atoms with Gasteiger partial charge in [-0.25, -0.2) is 4.98 Å². The van der Waals surface area contributed by atoms with Gasteiger partial charge < -0.3 is 14.1 Å². The lowest BCUT2D eigenvalue weighted by Gasteiger charge is -2.01. The summed E-state index contributed by atoms with van der Waals surface area (Å²) in [7, 11) is 1.93. The van der Waals surface area contributed by atoms with E-state index < -0.39 is 5.97 Å². The first-order chi connectivity index (χ1) is 9.11. The lowest BCUT2D eigenvalue weighted by Crippen LogP contribution is -2.00. The average Bonchev–Trinajstić information content (AvgIpc) is 2.93. The number of hydrogen-bond donors (Lipinski definition) is 1. The average molecular weight is 262 g/mol. The molecule has 5 heteroatoms. The van der Waals surface area contributed by atoms with Gasteiger partial charge in [0, 0.05) is 26.1 Å². The molecule has 1 N–H and O–H groups in total. The number of carboxylic acids is 1. The molecule has 5 nitrogen and oxygen atoms in total. The summed E-state index contributed by atoms with van der Waals surface area (Å²) in [5.74, 6) is 0.550. The Morgan fingerprint density at radius 1 is 1.47 bits per heavy atom. The highest BCUT2D eigenvalue weighted by Gasteiger charge is 2.17. The molecule has 2 heterocycles. The number of carboxylic acid groups (broad SMARTS) is 1. The summed E-state index contributed by atoms with van der Waals surface area (Å²) in [6.07, 6.45) is 4.10. The summed E-state index contributed by atoms with van der Waals surface area (Å²) in [5, 5.41) is 8.80. The van der Waals surface area contributed by atoms with Crippen molar-refractivity contribution in [1.29, 1.82) is 0 Å². The Balaban J connectivity index is 2.34. The summed E-state index contributed by atoms with van der Waals surface area (Å²) in [6, 6.07) is 3.87. The number of aryl methyl sites for hydroxylation is 3. The molecule has 2 aromatic rings. The van der Waals surface area contributed by atoms with E-state index in [-0.39, 0.29) is 6.42 Å². The van der Waals surface area contributed by atoms with Crippen LogP contribution in [0.5, 0.6) is 0 Å². The Kier molecular flexibility index (Phi) is 4.04. The molecule has 0 atom stereocenters. The smallest absolute Gasteiger partial charge is 0.303 e. The van der Waals surface area contributed by atoms with Crippen molar-refractivity contribution in [3.8, 4) is 11.5 Å². The van der Waals surface area contributed by atoms with Crippen LogP contribution in [-0.4, -0.2) is 20.6 Å². The van der Waals surface area contributed by atoms with E-state index >= 15 is 0 Å². The summed E-state index contributed by atoms with van der Waals surface area (Å²) in [4.78, 5) is 15.1. The van der Waals surface area contributed by atoms with Gasteiger partial charge in [0.1, 0.15) is 0 Å². The van der Waals surface area contributed by atoms with Crippen molar-refractivity contribution in [3.63, 3.8) is 0 Å². The van der Waals surface area contributed by atoms with Crippen molar-refractivity contribution in [3.05, 3.63) is 29.9 Å². The third-order valence-electron chi connectivity index (χ3n) is 2.96. The molecule has 0 aliphatic carbocycles. The van der Waals surface area contributed by atoms with E-state index in [9.17, 15) is 4.79 Å². The van der Waals surface area contributed by atoms with Crippen LogP contribution in [0, 0.1) is 0 Å². The molecule has 19 heavy (non-hydrogen) atoms. The Hall–Kier alpha value is -2.04. The first-order valence-corrected chi connectivity index (χ1v) is 6.44. The van der Waals surface area contributed by atoms with Crippen molar-refractivity contribution < 1.29 is 14.3 Å². The lowest BCUT2D eigenvalue weighted by molar-refractivity contribution is -0.136. The van der Waals surface area contributed by atoms with Crippen molar-refractivity contribution in [1.82, 2.24) is 9.55 Å². The van der Waals surface area contributed by atoms with E-state index in [1.54, 1.807) is 0 Å². The fraction of sp³-hybridized carbons (Fsp3) is 0.429. The second kappa shape index (κ2) is 5.73. The molecule has 0 fully saturated rings. The summed E-state index contributed by atoms with van der Waals surface area (Å²) < 4.78 is 7.73. The fourth-order valence-electron chi connectivity index (χ4n) is 2.01. The molecule has 0 radical (unpaired) electrons. The van der Waals surface area contributed by atoms with E-state index in [1.165, 1.54) is 0 Å². The normalized spacial score (nSPS) is 10.8. The van der Waals surface area contributed by atoms with Crippen molar-refractivity contribution in [2.45, 2.75) is 32.6 Å². The molecule has 2 aromatic heterocycles. The Morgan fingerprint density at radius 2 is 2.26 bits per heavy atom. The minimum Gasteiger partial charge on any atom is -0.481 e. The maximum Gasteiger partial charge on any atom is 0.303 e. The minimum absolute atomic E-state index is 0.0650. The van der Waals surface area contributed by atoms with Crippen molar-refractivity contribution >= 4 is 5.97 Å². The van der Waals surface area contributed by atoms with Crippen molar-refractivity contribution in [2.24, 2.45) is 7.05 Å². The predicted octanol–water partition coefficient (Wildman–Crippen LogP) is 2.65. The molecule has 0 aliphatic rings. The van der Waals surface area contributed by atoms with Crippen LogP contribution < -0.4 is 0 Å². The molecule has 0 aliphatic heterocycles. The number of rotatable bonds is 6. The van der Waals surface area contributed by atoms with Crippen LogP contribution in [0.15, 0.2) is 22.7 Å². The van der Waals surface area contributed by atoms with Crippen LogP contribution in [0.4, 0.5) is 0 Å². The number of aromatic nitrogens is 2. The first-order valence-electron chi connectivity index (χ1n) is 6.44.